The molecule has 0 aliphatic carbocycles. The Labute approximate surface area is 103 Å². The van der Waals surface area contributed by atoms with Gasteiger partial charge in [0.05, 0.1) is 5.38 Å². The van der Waals surface area contributed by atoms with Crippen LogP contribution in [0.15, 0.2) is 0 Å². The minimum absolute atomic E-state index is 0.0499. The van der Waals surface area contributed by atoms with Gasteiger partial charge in [0.1, 0.15) is 0 Å². The average molecular weight is 267 g/mol. The molecule has 2 aliphatic heterocycles. The van der Waals surface area contributed by atoms with Gasteiger partial charge in [0.2, 0.25) is 0 Å². The lowest BCUT2D eigenvalue weighted by Gasteiger charge is -2.35. The van der Waals surface area contributed by atoms with Crippen molar-refractivity contribution >= 4 is 21.8 Å². The Morgan fingerprint density at radius 2 is 1.75 bits per heavy atom. The summed E-state index contributed by atoms with van der Waals surface area (Å²) in [6.07, 6.45) is 2.82. The molecule has 0 saturated carbocycles. The number of piperidine rings is 1. The number of halogens is 1. The summed E-state index contributed by atoms with van der Waals surface area (Å²) >= 11 is 6.15. The van der Waals surface area contributed by atoms with Crippen molar-refractivity contribution in [2.75, 3.05) is 26.2 Å². The molecule has 2 rings (SSSR count). The summed E-state index contributed by atoms with van der Waals surface area (Å²) in [5, 5.41) is -0.0499. The Balaban J connectivity index is 2.06. The summed E-state index contributed by atoms with van der Waals surface area (Å²) in [6.45, 7) is 4.49. The van der Waals surface area contributed by atoms with Crippen LogP contribution in [0.1, 0.15) is 26.2 Å². The van der Waals surface area contributed by atoms with E-state index < -0.39 is 10.2 Å². The van der Waals surface area contributed by atoms with E-state index in [1.165, 1.54) is 0 Å². The maximum Gasteiger partial charge on any atom is 0.282 e. The topological polar surface area (TPSA) is 40.6 Å². The van der Waals surface area contributed by atoms with Crippen molar-refractivity contribution in [1.82, 2.24) is 8.61 Å². The Kier molecular flexibility index (Phi) is 3.79. The average Bonchev–Trinajstić information content (AvgIpc) is 2.75. The molecule has 0 aromatic rings. The van der Waals surface area contributed by atoms with Gasteiger partial charge in [0, 0.05) is 26.2 Å². The normalized spacial score (nSPS) is 34.4. The number of hydrogen-bond donors (Lipinski definition) is 0. The van der Waals surface area contributed by atoms with E-state index in [0.29, 0.717) is 32.1 Å². The molecule has 6 heteroatoms. The van der Waals surface area contributed by atoms with Crippen LogP contribution in [0.4, 0.5) is 0 Å². The number of rotatable bonds is 2. The van der Waals surface area contributed by atoms with Crippen molar-refractivity contribution in [2.24, 2.45) is 5.92 Å². The predicted molar refractivity (Wildman–Crippen MR) is 64.7 cm³/mol. The van der Waals surface area contributed by atoms with Gasteiger partial charge in [-0.1, -0.05) is 6.92 Å². The maximum absolute atomic E-state index is 12.2. The van der Waals surface area contributed by atoms with E-state index in [-0.39, 0.29) is 5.38 Å². The number of hydrogen-bond acceptors (Lipinski definition) is 2. The Bertz CT molecular complexity index is 341. The summed E-state index contributed by atoms with van der Waals surface area (Å²) in [6, 6.07) is 0. The second-order valence-corrected chi connectivity index (χ2v) is 7.24. The lowest BCUT2D eigenvalue weighted by atomic mass is 10.0. The molecule has 2 heterocycles. The summed E-state index contributed by atoms with van der Waals surface area (Å²) < 4.78 is 27.6. The van der Waals surface area contributed by atoms with E-state index in [1.807, 2.05) is 0 Å². The van der Waals surface area contributed by atoms with Gasteiger partial charge >= 0.3 is 0 Å². The molecule has 0 N–H and O–H groups in total. The zero-order chi connectivity index (χ0) is 11.8. The van der Waals surface area contributed by atoms with E-state index in [1.54, 1.807) is 8.61 Å². The zero-order valence-electron chi connectivity index (χ0n) is 9.60. The van der Waals surface area contributed by atoms with Gasteiger partial charge < -0.3 is 0 Å². The fourth-order valence-electron chi connectivity index (χ4n) is 2.29. The molecule has 0 bridgehead atoms. The highest BCUT2D eigenvalue weighted by molar-refractivity contribution is 7.86. The maximum atomic E-state index is 12.2. The molecule has 0 radical (unpaired) electrons. The van der Waals surface area contributed by atoms with E-state index in [9.17, 15) is 8.42 Å². The molecule has 0 aromatic heterocycles. The molecule has 0 aromatic carbocycles. The largest absolute Gasteiger partial charge is 0.282 e. The van der Waals surface area contributed by atoms with Gasteiger partial charge in [-0.15, -0.1) is 11.6 Å². The van der Waals surface area contributed by atoms with Crippen LogP contribution >= 0.6 is 11.6 Å². The predicted octanol–water partition coefficient (Wildman–Crippen LogP) is 1.28. The first kappa shape index (κ1) is 12.6. The molecule has 94 valence electrons. The first-order chi connectivity index (χ1) is 7.51. The smallest absolute Gasteiger partial charge is 0.195 e. The molecule has 2 aliphatic rings. The van der Waals surface area contributed by atoms with E-state index >= 15 is 0 Å². The Morgan fingerprint density at radius 3 is 2.31 bits per heavy atom. The van der Waals surface area contributed by atoms with Crippen LogP contribution in [0, 0.1) is 5.92 Å². The minimum atomic E-state index is -3.24. The van der Waals surface area contributed by atoms with Gasteiger partial charge in [0.15, 0.2) is 0 Å². The molecule has 2 atom stereocenters. The van der Waals surface area contributed by atoms with Gasteiger partial charge in [-0.05, 0) is 25.2 Å². The van der Waals surface area contributed by atoms with E-state index in [4.69, 9.17) is 11.6 Å². The van der Waals surface area contributed by atoms with Crippen molar-refractivity contribution in [3.05, 3.63) is 0 Å². The van der Waals surface area contributed by atoms with Gasteiger partial charge in [0.25, 0.3) is 10.2 Å². The van der Waals surface area contributed by atoms with E-state index in [2.05, 4.69) is 6.92 Å². The van der Waals surface area contributed by atoms with Crippen molar-refractivity contribution in [1.29, 1.82) is 0 Å². The molecule has 0 spiro atoms. The second kappa shape index (κ2) is 4.80. The van der Waals surface area contributed by atoms with Crippen molar-refractivity contribution < 1.29 is 8.42 Å². The summed E-state index contributed by atoms with van der Waals surface area (Å²) in [5.74, 6) is 0.409. The van der Waals surface area contributed by atoms with Crippen molar-refractivity contribution in [3.63, 3.8) is 0 Å². The monoisotopic (exact) mass is 266 g/mol. The van der Waals surface area contributed by atoms with Crippen LogP contribution in [-0.2, 0) is 10.2 Å². The Hall–Kier alpha value is 0.160. The number of nitrogens with zero attached hydrogens (tertiary/aromatic N) is 2. The molecule has 2 unspecified atom stereocenters. The molecule has 2 fully saturated rings. The fourth-order valence-corrected chi connectivity index (χ4v) is 4.39. The molecular formula is C10H19ClN2O2S. The highest BCUT2D eigenvalue weighted by Crippen LogP contribution is 2.26. The lowest BCUT2D eigenvalue weighted by molar-refractivity contribution is 0.275. The highest BCUT2D eigenvalue weighted by Gasteiger charge is 2.36. The summed E-state index contributed by atoms with van der Waals surface area (Å²) in [4.78, 5) is 0. The SMILES string of the molecule is CC1CCN(S(=O)(=O)N2CCCC2)CC1Cl. The molecular weight excluding hydrogens is 248 g/mol. The van der Waals surface area contributed by atoms with Crippen molar-refractivity contribution in [2.45, 2.75) is 31.6 Å². The van der Waals surface area contributed by atoms with Crippen LogP contribution in [0.3, 0.4) is 0 Å². The third-order valence-electron chi connectivity index (χ3n) is 3.55. The van der Waals surface area contributed by atoms with Crippen LogP contribution in [-0.4, -0.2) is 48.6 Å². The first-order valence-corrected chi connectivity index (χ1v) is 7.74. The van der Waals surface area contributed by atoms with Gasteiger partial charge in [-0.25, -0.2) is 0 Å². The van der Waals surface area contributed by atoms with Crippen LogP contribution in [0.2, 0.25) is 0 Å². The van der Waals surface area contributed by atoms with Crippen LogP contribution in [0.25, 0.3) is 0 Å². The zero-order valence-corrected chi connectivity index (χ0v) is 11.2. The quantitative estimate of drug-likeness (QED) is 0.707. The Morgan fingerprint density at radius 1 is 1.12 bits per heavy atom. The van der Waals surface area contributed by atoms with E-state index in [0.717, 1.165) is 19.3 Å². The fraction of sp³-hybridized carbons (Fsp3) is 1.00. The molecule has 0 amide bonds. The molecule has 16 heavy (non-hydrogen) atoms. The third kappa shape index (κ3) is 2.37. The molecule has 4 nitrogen and oxygen atoms in total. The van der Waals surface area contributed by atoms with Gasteiger partial charge in [-0.3, -0.25) is 0 Å². The highest BCUT2D eigenvalue weighted by atomic mass is 35.5. The minimum Gasteiger partial charge on any atom is -0.195 e. The lowest BCUT2D eigenvalue weighted by Crippen LogP contribution is -2.49. The third-order valence-corrected chi connectivity index (χ3v) is 6.12. The van der Waals surface area contributed by atoms with Crippen LogP contribution in [0.5, 0.6) is 0 Å². The summed E-state index contributed by atoms with van der Waals surface area (Å²) in [7, 11) is -3.24. The first-order valence-electron chi connectivity index (χ1n) is 5.91. The van der Waals surface area contributed by atoms with Crippen molar-refractivity contribution in [3.8, 4) is 0 Å². The number of alkyl halides is 1. The molecule has 2 saturated heterocycles. The van der Waals surface area contributed by atoms with Crippen LogP contribution < -0.4 is 0 Å². The summed E-state index contributed by atoms with van der Waals surface area (Å²) in [5.41, 5.74) is 0. The standard InChI is InChI=1S/C10H19ClN2O2S/c1-9-4-7-13(8-10(9)11)16(14,15)12-5-2-3-6-12/h9-10H,2-8H2,1H3. The second-order valence-electron chi connectivity index (χ2n) is 4.75. The van der Waals surface area contributed by atoms with Gasteiger partial charge in [-0.2, -0.15) is 17.0 Å².